The number of hydrogen-bond acceptors (Lipinski definition) is 6. The van der Waals surface area contributed by atoms with E-state index in [1.54, 1.807) is 28.0 Å². The van der Waals surface area contributed by atoms with Crippen LogP contribution in [-0.2, 0) is 17.8 Å². The van der Waals surface area contributed by atoms with Crippen molar-refractivity contribution in [3.8, 4) is 10.7 Å². The second-order valence-corrected chi connectivity index (χ2v) is 6.65. The summed E-state index contributed by atoms with van der Waals surface area (Å²) in [5, 5.41) is 4.22. The SMILES string of the molecule is COC(=O)c1cc2n(n1)CCN(C(=O)c1ccc(-c3ncc[nH]3)s1)C2. The van der Waals surface area contributed by atoms with Gasteiger partial charge in [-0.25, -0.2) is 9.78 Å². The normalized spacial score (nSPS) is 13.6. The number of H-pyrrole nitrogens is 1. The summed E-state index contributed by atoms with van der Waals surface area (Å²) in [6.07, 6.45) is 3.43. The third-order valence-electron chi connectivity index (χ3n) is 4.03. The standard InChI is InChI=1S/C16H15N5O3S/c1-24-16(23)11-8-10-9-20(6-7-21(10)19-11)15(22)13-3-2-12(25-13)14-17-4-5-18-14/h2-5,8H,6-7,9H2,1H3,(H,17,18). The van der Waals surface area contributed by atoms with Crippen LogP contribution in [-0.4, -0.2) is 50.2 Å². The highest BCUT2D eigenvalue weighted by Crippen LogP contribution is 2.27. The molecule has 0 spiro atoms. The number of nitrogens with zero attached hydrogens (tertiary/aromatic N) is 4. The van der Waals surface area contributed by atoms with Crippen LogP contribution in [0.15, 0.2) is 30.6 Å². The molecule has 1 amide bonds. The molecule has 3 aromatic heterocycles. The van der Waals surface area contributed by atoms with Gasteiger partial charge in [-0.15, -0.1) is 11.3 Å². The Morgan fingerprint density at radius 2 is 2.20 bits per heavy atom. The Labute approximate surface area is 147 Å². The number of nitrogens with one attached hydrogen (secondary N) is 1. The topological polar surface area (TPSA) is 93.1 Å². The summed E-state index contributed by atoms with van der Waals surface area (Å²) in [5.41, 5.74) is 1.09. The Kier molecular flexibility index (Phi) is 3.85. The fourth-order valence-electron chi connectivity index (χ4n) is 2.78. The van der Waals surface area contributed by atoms with Gasteiger partial charge in [0, 0.05) is 18.9 Å². The zero-order valence-corrected chi connectivity index (χ0v) is 14.2. The molecule has 9 heteroatoms. The number of carbonyl (C=O) groups is 2. The molecule has 1 N–H and O–H groups in total. The van der Waals surface area contributed by atoms with E-state index in [4.69, 9.17) is 4.74 Å². The van der Waals surface area contributed by atoms with Gasteiger partial charge in [-0.05, 0) is 18.2 Å². The molecule has 0 aliphatic carbocycles. The Bertz CT molecular complexity index is 928. The number of thiophene rings is 1. The predicted molar refractivity (Wildman–Crippen MR) is 90.2 cm³/mol. The Morgan fingerprint density at radius 3 is 2.96 bits per heavy atom. The van der Waals surface area contributed by atoms with Crippen molar-refractivity contribution < 1.29 is 14.3 Å². The second kappa shape index (κ2) is 6.17. The monoisotopic (exact) mass is 357 g/mol. The van der Waals surface area contributed by atoms with E-state index in [-0.39, 0.29) is 11.6 Å². The molecule has 25 heavy (non-hydrogen) atoms. The van der Waals surface area contributed by atoms with E-state index in [0.717, 1.165) is 16.4 Å². The Balaban J connectivity index is 1.52. The van der Waals surface area contributed by atoms with Gasteiger partial charge in [0.15, 0.2) is 5.69 Å². The smallest absolute Gasteiger partial charge is 0.358 e. The first-order valence-electron chi connectivity index (χ1n) is 7.69. The summed E-state index contributed by atoms with van der Waals surface area (Å²) in [7, 11) is 1.32. The van der Waals surface area contributed by atoms with Crippen LogP contribution in [0, 0.1) is 0 Å². The number of rotatable bonds is 3. The maximum atomic E-state index is 12.8. The summed E-state index contributed by atoms with van der Waals surface area (Å²) >= 11 is 1.41. The van der Waals surface area contributed by atoms with Gasteiger partial charge in [0.25, 0.3) is 5.91 Å². The van der Waals surface area contributed by atoms with Gasteiger partial charge in [0.2, 0.25) is 0 Å². The van der Waals surface area contributed by atoms with Crippen molar-refractivity contribution in [2.24, 2.45) is 0 Å². The van der Waals surface area contributed by atoms with Crippen LogP contribution in [0.1, 0.15) is 25.9 Å². The van der Waals surface area contributed by atoms with E-state index < -0.39 is 5.97 Å². The number of aromatic nitrogens is 4. The first kappa shape index (κ1) is 15.6. The average molecular weight is 357 g/mol. The highest BCUT2D eigenvalue weighted by atomic mass is 32.1. The highest BCUT2D eigenvalue weighted by Gasteiger charge is 2.26. The van der Waals surface area contributed by atoms with Crippen molar-refractivity contribution in [1.82, 2.24) is 24.6 Å². The molecule has 1 aliphatic heterocycles. The van der Waals surface area contributed by atoms with Crippen molar-refractivity contribution in [2.75, 3.05) is 13.7 Å². The molecule has 0 saturated carbocycles. The fraction of sp³-hybridized carbons (Fsp3) is 0.250. The number of amides is 1. The van der Waals surface area contributed by atoms with Crippen molar-refractivity contribution in [3.63, 3.8) is 0 Å². The maximum absolute atomic E-state index is 12.8. The van der Waals surface area contributed by atoms with E-state index in [1.165, 1.54) is 18.4 Å². The van der Waals surface area contributed by atoms with Gasteiger partial charge in [-0.3, -0.25) is 9.48 Å². The molecule has 128 valence electrons. The van der Waals surface area contributed by atoms with Gasteiger partial charge < -0.3 is 14.6 Å². The molecule has 3 aromatic rings. The number of hydrogen-bond donors (Lipinski definition) is 1. The summed E-state index contributed by atoms with van der Waals surface area (Å²) in [6, 6.07) is 5.38. The van der Waals surface area contributed by atoms with Crippen LogP contribution in [0.2, 0.25) is 0 Å². The minimum atomic E-state index is -0.471. The first-order chi connectivity index (χ1) is 12.2. The number of ether oxygens (including phenoxy) is 1. The molecular weight excluding hydrogens is 342 g/mol. The van der Waals surface area contributed by atoms with Crippen LogP contribution in [0.5, 0.6) is 0 Å². The van der Waals surface area contributed by atoms with Crippen LogP contribution >= 0.6 is 11.3 Å². The zero-order chi connectivity index (χ0) is 17.4. The van der Waals surface area contributed by atoms with E-state index in [9.17, 15) is 9.59 Å². The van der Waals surface area contributed by atoms with Crippen molar-refractivity contribution >= 4 is 23.2 Å². The summed E-state index contributed by atoms with van der Waals surface area (Å²) < 4.78 is 6.44. The molecule has 4 heterocycles. The molecular formula is C16H15N5O3S. The van der Waals surface area contributed by atoms with Gasteiger partial charge in [-0.1, -0.05) is 0 Å². The number of carbonyl (C=O) groups excluding carboxylic acids is 2. The number of imidazole rings is 1. The number of aromatic amines is 1. The Hall–Kier alpha value is -2.94. The molecule has 0 aromatic carbocycles. The zero-order valence-electron chi connectivity index (χ0n) is 13.4. The van der Waals surface area contributed by atoms with E-state index in [1.807, 2.05) is 12.1 Å². The molecule has 1 aliphatic rings. The van der Waals surface area contributed by atoms with Gasteiger partial charge in [-0.2, -0.15) is 5.10 Å². The first-order valence-corrected chi connectivity index (χ1v) is 8.51. The molecule has 0 fully saturated rings. The summed E-state index contributed by atoms with van der Waals surface area (Å²) in [6.45, 7) is 1.51. The van der Waals surface area contributed by atoms with Gasteiger partial charge in [0.1, 0.15) is 5.82 Å². The second-order valence-electron chi connectivity index (χ2n) is 5.56. The lowest BCUT2D eigenvalue weighted by atomic mass is 10.2. The van der Waals surface area contributed by atoms with Crippen molar-refractivity contribution in [1.29, 1.82) is 0 Å². The van der Waals surface area contributed by atoms with Crippen LogP contribution in [0.4, 0.5) is 0 Å². The molecule has 0 atom stereocenters. The average Bonchev–Trinajstić information content (AvgIpc) is 3.38. The lowest BCUT2D eigenvalue weighted by molar-refractivity contribution is 0.0591. The number of fused-ring (bicyclic) bond motifs is 1. The quantitative estimate of drug-likeness (QED) is 0.721. The van der Waals surface area contributed by atoms with E-state index in [0.29, 0.717) is 24.5 Å². The van der Waals surface area contributed by atoms with Crippen LogP contribution < -0.4 is 0 Å². The van der Waals surface area contributed by atoms with Crippen LogP contribution in [0.25, 0.3) is 10.7 Å². The van der Waals surface area contributed by atoms with Crippen LogP contribution in [0.3, 0.4) is 0 Å². The molecule has 0 bridgehead atoms. The van der Waals surface area contributed by atoms with Gasteiger partial charge >= 0.3 is 5.97 Å². The minimum absolute atomic E-state index is 0.0325. The highest BCUT2D eigenvalue weighted by molar-refractivity contribution is 7.17. The number of methoxy groups -OCH3 is 1. The molecule has 0 unspecified atom stereocenters. The lowest BCUT2D eigenvalue weighted by Gasteiger charge is -2.27. The Morgan fingerprint density at radius 1 is 1.32 bits per heavy atom. The molecule has 4 rings (SSSR count). The minimum Gasteiger partial charge on any atom is -0.464 e. The van der Waals surface area contributed by atoms with E-state index >= 15 is 0 Å². The predicted octanol–water partition coefficient (Wildman–Crippen LogP) is 1.78. The largest absolute Gasteiger partial charge is 0.464 e. The summed E-state index contributed by atoms with van der Waals surface area (Å²) in [4.78, 5) is 35.0. The third-order valence-corrected chi connectivity index (χ3v) is 5.11. The maximum Gasteiger partial charge on any atom is 0.358 e. The van der Waals surface area contributed by atoms with Gasteiger partial charge in [0.05, 0.1) is 35.6 Å². The molecule has 8 nitrogen and oxygen atoms in total. The number of esters is 1. The van der Waals surface area contributed by atoms with Crippen molar-refractivity contribution in [2.45, 2.75) is 13.1 Å². The van der Waals surface area contributed by atoms with E-state index in [2.05, 4.69) is 15.1 Å². The lowest BCUT2D eigenvalue weighted by Crippen LogP contribution is -2.38. The molecule has 0 radical (unpaired) electrons. The van der Waals surface area contributed by atoms with Crippen molar-refractivity contribution in [3.05, 3.63) is 46.9 Å². The third kappa shape index (κ3) is 2.82. The molecule has 0 saturated heterocycles. The fourth-order valence-corrected chi connectivity index (χ4v) is 3.71. The summed E-state index contributed by atoms with van der Waals surface area (Å²) in [5.74, 6) is 0.250.